The number of nitrogens with zero attached hydrogens (tertiary/aromatic N) is 2. The number of hydrogen-bond donors (Lipinski definition) is 1. The molecule has 0 saturated carbocycles. The Morgan fingerprint density at radius 2 is 2.07 bits per heavy atom. The lowest BCUT2D eigenvalue weighted by Gasteiger charge is -2.00. The standard InChI is InChI=1S/C11H9FN2O/c12-9-3-1-2-8(4-9)11-6-13-10(7-15)5-14-11/h1-6,15H,7H2. The van der Waals surface area contributed by atoms with Gasteiger partial charge < -0.3 is 5.11 Å². The van der Waals surface area contributed by atoms with E-state index in [2.05, 4.69) is 9.97 Å². The van der Waals surface area contributed by atoms with Gasteiger partial charge >= 0.3 is 0 Å². The van der Waals surface area contributed by atoms with Crippen molar-refractivity contribution < 1.29 is 9.50 Å². The van der Waals surface area contributed by atoms with Gasteiger partial charge in [0.15, 0.2) is 0 Å². The Morgan fingerprint density at radius 3 is 2.67 bits per heavy atom. The lowest BCUT2D eigenvalue weighted by Crippen LogP contribution is -1.92. The van der Waals surface area contributed by atoms with Crippen LogP contribution in [0.3, 0.4) is 0 Å². The number of aliphatic hydroxyl groups is 1. The maximum absolute atomic E-state index is 12.9. The third kappa shape index (κ3) is 2.16. The minimum absolute atomic E-state index is 0.142. The molecule has 1 aromatic carbocycles. The van der Waals surface area contributed by atoms with Crippen LogP contribution in [0, 0.1) is 5.82 Å². The largest absolute Gasteiger partial charge is 0.390 e. The van der Waals surface area contributed by atoms with E-state index in [1.54, 1.807) is 12.1 Å². The summed E-state index contributed by atoms with van der Waals surface area (Å²) in [5.41, 5.74) is 1.76. The second-order valence-electron chi connectivity index (χ2n) is 3.06. The molecule has 4 heteroatoms. The second kappa shape index (κ2) is 4.14. The van der Waals surface area contributed by atoms with Gasteiger partial charge in [0.1, 0.15) is 5.82 Å². The molecule has 0 fully saturated rings. The van der Waals surface area contributed by atoms with E-state index in [4.69, 9.17) is 5.11 Å². The van der Waals surface area contributed by atoms with Crippen molar-refractivity contribution in [3.63, 3.8) is 0 Å². The zero-order valence-corrected chi connectivity index (χ0v) is 7.89. The number of halogens is 1. The Balaban J connectivity index is 2.37. The second-order valence-corrected chi connectivity index (χ2v) is 3.06. The van der Waals surface area contributed by atoms with Gasteiger partial charge in [-0.15, -0.1) is 0 Å². The van der Waals surface area contributed by atoms with Crippen LogP contribution in [0.1, 0.15) is 5.69 Å². The highest BCUT2D eigenvalue weighted by atomic mass is 19.1. The Hall–Kier alpha value is -1.81. The first-order valence-corrected chi connectivity index (χ1v) is 4.47. The molecule has 0 spiro atoms. The maximum atomic E-state index is 12.9. The molecule has 0 radical (unpaired) electrons. The summed E-state index contributed by atoms with van der Waals surface area (Å²) in [4.78, 5) is 8.04. The Labute approximate surface area is 86.3 Å². The molecule has 2 rings (SSSR count). The molecule has 0 saturated heterocycles. The number of aliphatic hydroxyl groups excluding tert-OH is 1. The molecule has 0 atom stereocenters. The van der Waals surface area contributed by atoms with Gasteiger partial charge in [0, 0.05) is 5.56 Å². The average Bonchev–Trinajstić information content (AvgIpc) is 2.29. The van der Waals surface area contributed by atoms with Gasteiger partial charge in [-0.25, -0.2) is 4.39 Å². The Bertz CT molecular complexity index is 456. The third-order valence-electron chi connectivity index (χ3n) is 1.99. The number of aromatic nitrogens is 2. The molecule has 2 aromatic rings. The van der Waals surface area contributed by atoms with Crippen LogP contribution in [0.15, 0.2) is 36.7 Å². The van der Waals surface area contributed by atoms with E-state index in [9.17, 15) is 4.39 Å². The quantitative estimate of drug-likeness (QED) is 0.810. The van der Waals surface area contributed by atoms with E-state index in [1.165, 1.54) is 24.5 Å². The molecule has 3 nitrogen and oxygen atoms in total. The SMILES string of the molecule is OCc1cnc(-c2cccc(F)c2)cn1. The summed E-state index contributed by atoms with van der Waals surface area (Å²) >= 11 is 0. The van der Waals surface area contributed by atoms with Gasteiger partial charge in [-0.3, -0.25) is 9.97 Å². The van der Waals surface area contributed by atoms with Crippen molar-refractivity contribution in [2.24, 2.45) is 0 Å². The van der Waals surface area contributed by atoms with E-state index >= 15 is 0 Å². The van der Waals surface area contributed by atoms with Crippen LogP contribution in [-0.2, 0) is 6.61 Å². The molecule has 0 aliphatic heterocycles. The zero-order valence-electron chi connectivity index (χ0n) is 7.89. The summed E-state index contributed by atoms with van der Waals surface area (Å²) in [6, 6.07) is 6.14. The summed E-state index contributed by atoms with van der Waals surface area (Å²) in [5.74, 6) is -0.305. The van der Waals surface area contributed by atoms with Crippen molar-refractivity contribution in [1.29, 1.82) is 0 Å². The van der Waals surface area contributed by atoms with Crippen LogP contribution in [0.2, 0.25) is 0 Å². The van der Waals surface area contributed by atoms with Gasteiger partial charge in [-0.1, -0.05) is 12.1 Å². The Kier molecular flexibility index (Phi) is 2.69. The summed E-state index contributed by atoms with van der Waals surface area (Å²) in [5, 5.41) is 8.78. The van der Waals surface area contributed by atoms with Crippen LogP contribution < -0.4 is 0 Å². The fourth-order valence-electron chi connectivity index (χ4n) is 1.23. The molecule has 1 N–H and O–H groups in total. The maximum Gasteiger partial charge on any atom is 0.123 e. The number of rotatable bonds is 2. The van der Waals surface area contributed by atoms with Crippen molar-refractivity contribution in [3.05, 3.63) is 48.2 Å². The van der Waals surface area contributed by atoms with Crippen molar-refractivity contribution in [2.75, 3.05) is 0 Å². The van der Waals surface area contributed by atoms with E-state index in [1.807, 2.05) is 0 Å². The molecule has 0 bridgehead atoms. The van der Waals surface area contributed by atoms with Crippen LogP contribution in [0.5, 0.6) is 0 Å². The molecular formula is C11H9FN2O. The molecule has 76 valence electrons. The molecule has 15 heavy (non-hydrogen) atoms. The normalized spacial score (nSPS) is 10.3. The summed E-state index contributed by atoms with van der Waals surface area (Å²) in [6.45, 7) is -0.142. The fourth-order valence-corrected chi connectivity index (χ4v) is 1.23. The third-order valence-corrected chi connectivity index (χ3v) is 1.99. The smallest absolute Gasteiger partial charge is 0.123 e. The van der Waals surface area contributed by atoms with Crippen LogP contribution in [-0.4, -0.2) is 15.1 Å². The van der Waals surface area contributed by atoms with E-state index in [0.717, 1.165) is 0 Å². The minimum atomic E-state index is -0.305. The molecular weight excluding hydrogens is 195 g/mol. The van der Waals surface area contributed by atoms with Crippen LogP contribution in [0.25, 0.3) is 11.3 Å². The minimum Gasteiger partial charge on any atom is -0.390 e. The van der Waals surface area contributed by atoms with Gasteiger partial charge in [0.2, 0.25) is 0 Å². The van der Waals surface area contributed by atoms with Crippen LogP contribution >= 0.6 is 0 Å². The predicted octanol–water partition coefficient (Wildman–Crippen LogP) is 1.77. The highest BCUT2D eigenvalue weighted by Crippen LogP contribution is 2.16. The van der Waals surface area contributed by atoms with E-state index < -0.39 is 0 Å². The zero-order chi connectivity index (χ0) is 10.7. The monoisotopic (exact) mass is 204 g/mol. The summed E-state index contributed by atoms with van der Waals surface area (Å²) in [7, 11) is 0. The topological polar surface area (TPSA) is 46.0 Å². The van der Waals surface area contributed by atoms with Crippen molar-refractivity contribution in [2.45, 2.75) is 6.61 Å². The van der Waals surface area contributed by atoms with Crippen molar-refractivity contribution in [3.8, 4) is 11.3 Å². The first-order chi connectivity index (χ1) is 7.29. The van der Waals surface area contributed by atoms with Gasteiger partial charge in [-0.05, 0) is 12.1 Å². The summed E-state index contributed by atoms with van der Waals surface area (Å²) < 4.78 is 12.9. The van der Waals surface area contributed by atoms with Crippen LogP contribution in [0.4, 0.5) is 4.39 Å². The molecule has 0 unspecified atom stereocenters. The van der Waals surface area contributed by atoms with Gasteiger partial charge in [0.25, 0.3) is 0 Å². The lowest BCUT2D eigenvalue weighted by atomic mass is 10.1. The van der Waals surface area contributed by atoms with Crippen molar-refractivity contribution >= 4 is 0 Å². The molecule has 0 aliphatic carbocycles. The fraction of sp³-hybridized carbons (Fsp3) is 0.0909. The number of hydrogen-bond acceptors (Lipinski definition) is 3. The molecule has 1 aromatic heterocycles. The highest BCUT2D eigenvalue weighted by Gasteiger charge is 2.01. The van der Waals surface area contributed by atoms with Crippen molar-refractivity contribution in [1.82, 2.24) is 9.97 Å². The van der Waals surface area contributed by atoms with Gasteiger partial charge in [-0.2, -0.15) is 0 Å². The predicted molar refractivity (Wildman–Crippen MR) is 53.3 cm³/mol. The highest BCUT2D eigenvalue weighted by molar-refractivity contribution is 5.57. The average molecular weight is 204 g/mol. The molecule has 0 amide bonds. The first-order valence-electron chi connectivity index (χ1n) is 4.47. The lowest BCUT2D eigenvalue weighted by molar-refractivity contribution is 0.276. The van der Waals surface area contributed by atoms with Gasteiger partial charge in [0.05, 0.1) is 30.4 Å². The molecule has 1 heterocycles. The first kappa shape index (κ1) is 9.73. The molecule has 0 aliphatic rings. The Morgan fingerprint density at radius 1 is 1.20 bits per heavy atom. The number of benzene rings is 1. The van der Waals surface area contributed by atoms with E-state index in [-0.39, 0.29) is 12.4 Å². The van der Waals surface area contributed by atoms with E-state index in [0.29, 0.717) is 17.0 Å². The summed E-state index contributed by atoms with van der Waals surface area (Å²) in [6.07, 6.45) is 2.99.